The average molecular weight is 260 g/mol. The van der Waals surface area contributed by atoms with Crippen molar-refractivity contribution in [2.24, 2.45) is 0 Å². The average Bonchev–Trinajstić information content (AvgIpc) is 2.46. The molecule has 1 rings (SSSR count). The Morgan fingerprint density at radius 1 is 1.11 bits per heavy atom. The molecule has 0 atom stereocenters. The Morgan fingerprint density at radius 3 is 2.16 bits per heavy atom. The van der Waals surface area contributed by atoms with E-state index in [0.717, 1.165) is 14.2 Å². The molecule has 0 aliphatic rings. The molecule has 0 fully saturated rings. The summed E-state index contributed by atoms with van der Waals surface area (Å²) in [6.07, 6.45) is 0. The van der Waals surface area contributed by atoms with Crippen molar-refractivity contribution in [3.05, 3.63) is 41.6 Å². The predicted molar refractivity (Wildman–Crippen MR) is 66.7 cm³/mol. The van der Waals surface area contributed by atoms with Crippen LogP contribution in [0.5, 0.6) is 0 Å². The molecule has 0 unspecified atom stereocenters. The first-order valence-corrected chi connectivity index (χ1v) is 5.27. The molecule has 0 saturated heterocycles. The van der Waals surface area contributed by atoms with Crippen LogP contribution in [0.2, 0.25) is 0 Å². The number of benzene rings is 1. The molecular formula is C13H12N2O4. The van der Waals surface area contributed by atoms with Crippen LogP contribution in [0.4, 0.5) is 5.69 Å². The van der Waals surface area contributed by atoms with E-state index in [9.17, 15) is 9.59 Å². The van der Waals surface area contributed by atoms with Gasteiger partial charge in [-0.15, -0.1) is 0 Å². The Balaban J connectivity index is 3.22. The predicted octanol–water partition coefficient (Wildman–Crippen LogP) is 1.22. The molecule has 19 heavy (non-hydrogen) atoms. The van der Waals surface area contributed by atoms with Gasteiger partial charge in [-0.2, -0.15) is 5.26 Å². The van der Waals surface area contributed by atoms with E-state index in [1.54, 1.807) is 36.4 Å². The maximum Gasteiger partial charge on any atom is 0.356 e. The highest BCUT2D eigenvalue weighted by atomic mass is 16.5. The van der Waals surface area contributed by atoms with E-state index in [4.69, 9.17) is 5.26 Å². The highest BCUT2D eigenvalue weighted by molar-refractivity contribution is 6.04. The second kappa shape index (κ2) is 6.81. The lowest BCUT2D eigenvalue weighted by molar-refractivity contribution is -0.138. The Bertz CT molecular complexity index is 544. The minimum absolute atomic E-state index is 0.261. The Hall–Kier alpha value is -2.81. The second-order valence-corrected chi connectivity index (χ2v) is 3.34. The number of ether oxygens (including phenoxy) is 2. The second-order valence-electron chi connectivity index (χ2n) is 3.34. The largest absolute Gasteiger partial charge is 0.465 e. The van der Waals surface area contributed by atoms with Crippen LogP contribution in [0.15, 0.2) is 41.6 Å². The molecular weight excluding hydrogens is 248 g/mol. The summed E-state index contributed by atoms with van der Waals surface area (Å²) in [6.45, 7) is 0. The standard InChI is InChI=1S/C13H12N2O4/c1-18-12(16)10(8-14)11(13(17)19-2)15-9-6-4-3-5-7-9/h3-7,15H,1-2H3/b11-10-. The van der Waals surface area contributed by atoms with E-state index in [-0.39, 0.29) is 5.70 Å². The molecule has 0 aliphatic carbocycles. The van der Waals surface area contributed by atoms with E-state index in [0.29, 0.717) is 5.69 Å². The smallest absolute Gasteiger partial charge is 0.356 e. The minimum Gasteiger partial charge on any atom is -0.465 e. The zero-order valence-corrected chi connectivity index (χ0v) is 10.5. The van der Waals surface area contributed by atoms with Gasteiger partial charge >= 0.3 is 11.9 Å². The minimum atomic E-state index is -0.911. The molecule has 0 radical (unpaired) electrons. The van der Waals surface area contributed by atoms with Gasteiger partial charge in [0.25, 0.3) is 0 Å². The zero-order chi connectivity index (χ0) is 14.3. The van der Waals surface area contributed by atoms with Crippen LogP contribution in [-0.4, -0.2) is 26.2 Å². The molecule has 0 aromatic heterocycles. The number of nitrogens with zero attached hydrogens (tertiary/aromatic N) is 1. The number of hydrogen-bond acceptors (Lipinski definition) is 6. The Morgan fingerprint density at radius 2 is 1.68 bits per heavy atom. The first-order valence-electron chi connectivity index (χ1n) is 5.27. The molecule has 0 aliphatic heterocycles. The van der Waals surface area contributed by atoms with E-state index in [1.807, 2.05) is 0 Å². The number of carbonyl (C=O) groups is 2. The van der Waals surface area contributed by atoms with Gasteiger partial charge in [-0.05, 0) is 12.1 Å². The fraction of sp³-hybridized carbons (Fsp3) is 0.154. The highest BCUT2D eigenvalue weighted by Gasteiger charge is 2.22. The SMILES string of the molecule is COC(=O)/C(C#N)=C(\Nc1ccccc1)C(=O)OC. The summed E-state index contributed by atoms with van der Waals surface area (Å²) >= 11 is 0. The van der Waals surface area contributed by atoms with E-state index < -0.39 is 17.5 Å². The number of nitriles is 1. The van der Waals surface area contributed by atoms with Crippen molar-refractivity contribution in [1.29, 1.82) is 5.26 Å². The summed E-state index contributed by atoms with van der Waals surface area (Å²) in [6, 6.07) is 10.2. The van der Waals surface area contributed by atoms with Gasteiger partial charge in [0.2, 0.25) is 0 Å². The lowest BCUT2D eigenvalue weighted by Crippen LogP contribution is -2.19. The summed E-state index contributed by atoms with van der Waals surface area (Å²) < 4.78 is 8.99. The summed E-state index contributed by atoms with van der Waals surface area (Å²) in [4.78, 5) is 23.1. The Labute approximate surface area is 110 Å². The first kappa shape index (κ1) is 14.3. The highest BCUT2D eigenvalue weighted by Crippen LogP contribution is 2.14. The quantitative estimate of drug-likeness (QED) is 0.497. The van der Waals surface area contributed by atoms with E-state index in [1.165, 1.54) is 0 Å². The fourth-order valence-corrected chi connectivity index (χ4v) is 1.29. The number of nitrogens with one attached hydrogen (secondary N) is 1. The number of para-hydroxylation sites is 1. The Kier molecular flexibility index (Phi) is 5.11. The third kappa shape index (κ3) is 3.57. The maximum atomic E-state index is 11.6. The van der Waals surface area contributed by atoms with Crippen molar-refractivity contribution >= 4 is 17.6 Å². The molecule has 6 heteroatoms. The van der Waals surface area contributed by atoms with Gasteiger partial charge in [0.05, 0.1) is 14.2 Å². The van der Waals surface area contributed by atoms with E-state index in [2.05, 4.69) is 14.8 Å². The normalized spacial score (nSPS) is 10.8. The van der Waals surface area contributed by atoms with Gasteiger partial charge in [-0.25, -0.2) is 9.59 Å². The van der Waals surface area contributed by atoms with Gasteiger partial charge < -0.3 is 14.8 Å². The fourth-order valence-electron chi connectivity index (χ4n) is 1.29. The molecule has 0 heterocycles. The van der Waals surface area contributed by atoms with Crippen LogP contribution in [0.3, 0.4) is 0 Å². The van der Waals surface area contributed by atoms with Crippen LogP contribution in [-0.2, 0) is 19.1 Å². The molecule has 0 saturated carbocycles. The third-order valence-corrected chi connectivity index (χ3v) is 2.18. The molecule has 98 valence electrons. The summed E-state index contributed by atoms with van der Waals surface area (Å²) in [5.74, 6) is -1.74. The van der Waals surface area contributed by atoms with Crippen LogP contribution < -0.4 is 5.32 Å². The molecule has 0 spiro atoms. The number of rotatable bonds is 4. The number of esters is 2. The molecule has 1 aromatic rings. The van der Waals surface area contributed by atoms with E-state index >= 15 is 0 Å². The van der Waals surface area contributed by atoms with Crippen molar-refractivity contribution in [3.8, 4) is 6.07 Å². The number of anilines is 1. The van der Waals surface area contributed by atoms with Crippen LogP contribution >= 0.6 is 0 Å². The van der Waals surface area contributed by atoms with Crippen molar-refractivity contribution in [2.75, 3.05) is 19.5 Å². The molecule has 0 bridgehead atoms. The van der Waals surface area contributed by atoms with Crippen molar-refractivity contribution < 1.29 is 19.1 Å². The molecule has 0 amide bonds. The monoisotopic (exact) mass is 260 g/mol. The summed E-state index contributed by atoms with van der Waals surface area (Å²) in [5, 5.41) is 11.6. The molecule has 1 N–H and O–H groups in total. The van der Waals surface area contributed by atoms with Crippen LogP contribution in [0.25, 0.3) is 0 Å². The number of hydrogen-bond donors (Lipinski definition) is 1. The lowest BCUT2D eigenvalue weighted by Gasteiger charge is -2.10. The van der Waals surface area contributed by atoms with Crippen molar-refractivity contribution in [2.45, 2.75) is 0 Å². The summed E-state index contributed by atoms with van der Waals surface area (Å²) in [5.41, 5.74) is -0.166. The van der Waals surface area contributed by atoms with Gasteiger partial charge in [0.1, 0.15) is 6.07 Å². The van der Waals surface area contributed by atoms with Gasteiger partial charge in [0.15, 0.2) is 11.3 Å². The number of carbonyl (C=O) groups excluding carboxylic acids is 2. The third-order valence-electron chi connectivity index (χ3n) is 2.18. The molecule has 1 aromatic carbocycles. The zero-order valence-electron chi connectivity index (χ0n) is 10.5. The first-order chi connectivity index (χ1) is 9.13. The van der Waals surface area contributed by atoms with Crippen molar-refractivity contribution in [3.63, 3.8) is 0 Å². The van der Waals surface area contributed by atoms with Crippen molar-refractivity contribution in [1.82, 2.24) is 0 Å². The van der Waals surface area contributed by atoms with Gasteiger partial charge in [-0.1, -0.05) is 18.2 Å². The van der Waals surface area contributed by atoms with Crippen LogP contribution in [0, 0.1) is 11.3 Å². The van der Waals surface area contributed by atoms with Gasteiger partial charge in [-0.3, -0.25) is 0 Å². The topological polar surface area (TPSA) is 88.4 Å². The van der Waals surface area contributed by atoms with Crippen LogP contribution in [0.1, 0.15) is 0 Å². The molecule has 6 nitrogen and oxygen atoms in total. The number of methoxy groups -OCH3 is 2. The summed E-state index contributed by atoms with van der Waals surface area (Å²) in [7, 11) is 2.28. The maximum absolute atomic E-state index is 11.6. The van der Waals surface area contributed by atoms with Gasteiger partial charge in [0, 0.05) is 5.69 Å². The lowest BCUT2D eigenvalue weighted by atomic mass is 10.2.